The summed E-state index contributed by atoms with van der Waals surface area (Å²) in [5.74, 6) is -0.263. The first kappa shape index (κ1) is 25.4. The van der Waals surface area contributed by atoms with Gasteiger partial charge in [-0.1, -0.05) is 32.0 Å². The van der Waals surface area contributed by atoms with Gasteiger partial charge in [-0.3, -0.25) is 19.6 Å². The third-order valence-electron chi connectivity index (χ3n) is 5.10. The van der Waals surface area contributed by atoms with E-state index in [4.69, 9.17) is 5.11 Å². The number of urea groups is 1. The molecule has 2 aromatic heterocycles. The van der Waals surface area contributed by atoms with Gasteiger partial charge in [-0.05, 0) is 48.2 Å². The molecule has 3 amide bonds. The Morgan fingerprint density at radius 3 is 2.46 bits per heavy atom. The molecule has 10 nitrogen and oxygen atoms in total. The SMILES string of the molecule is CC(C)CC(NC(=O)Cc1ccc(NC(=O)Nc2ccccn2)cc1)c1ccn(CCC(=O)O)n1. The fourth-order valence-electron chi connectivity index (χ4n) is 3.48. The second kappa shape index (κ2) is 12.3. The van der Waals surface area contributed by atoms with Gasteiger partial charge in [0.05, 0.1) is 31.1 Å². The Balaban J connectivity index is 1.55. The fraction of sp³-hybridized carbons (Fsp3) is 0.320. The maximum absolute atomic E-state index is 12.8. The lowest BCUT2D eigenvalue weighted by molar-refractivity contribution is -0.137. The number of pyridine rings is 1. The number of nitrogens with zero attached hydrogens (tertiary/aromatic N) is 3. The Morgan fingerprint density at radius 1 is 1.03 bits per heavy atom. The van der Waals surface area contributed by atoms with Crippen LogP contribution in [0, 0.1) is 5.92 Å². The largest absolute Gasteiger partial charge is 0.481 e. The van der Waals surface area contributed by atoms with E-state index in [2.05, 4.69) is 39.9 Å². The van der Waals surface area contributed by atoms with Crippen LogP contribution in [0.1, 0.15) is 44.0 Å². The number of anilines is 2. The van der Waals surface area contributed by atoms with Gasteiger partial charge in [0.25, 0.3) is 0 Å². The van der Waals surface area contributed by atoms with Crippen molar-refractivity contribution in [3.8, 4) is 0 Å². The Bertz CT molecular complexity index is 1130. The lowest BCUT2D eigenvalue weighted by Crippen LogP contribution is -2.31. The molecule has 1 atom stereocenters. The molecule has 0 aliphatic rings. The van der Waals surface area contributed by atoms with Crippen molar-refractivity contribution in [3.05, 3.63) is 72.2 Å². The molecule has 1 unspecified atom stereocenters. The van der Waals surface area contributed by atoms with E-state index in [0.717, 1.165) is 5.56 Å². The van der Waals surface area contributed by atoms with Crippen LogP contribution in [0.25, 0.3) is 0 Å². The molecule has 0 bridgehead atoms. The first-order valence-corrected chi connectivity index (χ1v) is 11.4. The summed E-state index contributed by atoms with van der Waals surface area (Å²) in [6.45, 7) is 4.41. The van der Waals surface area contributed by atoms with Crippen LogP contribution in [0.2, 0.25) is 0 Å². The zero-order valence-electron chi connectivity index (χ0n) is 19.8. The summed E-state index contributed by atoms with van der Waals surface area (Å²) in [6.07, 6.45) is 4.18. The minimum Gasteiger partial charge on any atom is -0.481 e. The average Bonchev–Trinajstić information content (AvgIpc) is 3.28. The molecule has 0 aliphatic heterocycles. The molecule has 10 heteroatoms. The van der Waals surface area contributed by atoms with Crippen LogP contribution in [0.15, 0.2) is 60.9 Å². The number of rotatable bonds is 11. The normalized spacial score (nSPS) is 11.6. The molecular formula is C25H30N6O4. The second-order valence-electron chi connectivity index (χ2n) is 8.56. The van der Waals surface area contributed by atoms with E-state index < -0.39 is 12.0 Å². The van der Waals surface area contributed by atoms with E-state index in [9.17, 15) is 14.4 Å². The standard InChI is InChI=1S/C25H30N6O4/c1-17(2)15-21(20-10-13-31(30-20)14-11-24(33)34)28-23(32)16-18-6-8-19(9-7-18)27-25(35)29-22-5-3-4-12-26-22/h3-10,12-13,17,21H,11,14-16H2,1-2H3,(H,28,32)(H,33,34)(H2,26,27,29,35). The van der Waals surface area contributed by atoms with Crippen LogP contribution in [-0.4, -0.2) is 37.8 Å². The van der Waals surface area contributed by atoms with Gasteiger partial charge in [-0.25, -0.2) is 9.78 Å². The van der Waals surface area contributed by atoms with Crippen molar-refractivity contribution in [2.24, 2.45) is 5.92 Å². The molecule has 0 spiro atoms. The molecule has 0 aliphatic carbocycles. The number of hydrogen-bond acceptors (Lipinski definition) is 5. The summed E-state index contributed by atoms with van der Waals surface area (Å²) in [5, 5.41) is 21.7. The second-order valence-corrected chi connectivity index (χ2v) is 8.56. The van der Waals surface area contributed by atoms with Crippen LogP contribution >= 0.6 is 0 Å². The van der Waals surface area contributed by atoms with E-state index in [1.807, 2.05) is 6.07 Å². The number of carboxylic acid groups (broad SMARTS) is 1. The van der Waals surface area contributed by atoms with Gasteiger partial charge in [-0.15, -0.1) is 0 Å². The molecule has 35 heavy (non-hydrogen) atoms. The number of benzene rings is 1. The van der Waals surface area contributed by atoms with Gasteiger partial charge in [0.15, 0.2) is 0 Å². The van der Waals surface area contributed by atoms with Crippen molar-refractivity contribution < 1.29 is 19.5 Å². The quantitative estimate of drug-likeness (QED) is 0.330. The molecule has 4 N–H and O–H groups in total. The Morgan fingerprint density at radius 2 is 1.80 bits per heavy atom. The van der Waals surface area contributed by atoms with E-state index in [0.29, 0.717) is 29.5 Å². The van der Waals surface area contributed by atoms with E-state index in [1.54, 1.807) is 59.5 Å². The predicted octanol–water partition coefficient (Wildman–Crippen LogP) is 3.84. The van der Waals surface area contributed by atoms with Crippen LogP contribution in [0.3, 0.4) is 0 Å². The third-order valence-corrected chi connectivity index (χ3v) is 5.10. The van der Waals surface area contributed by atoms with Crippen molar-refractivity contribution >= 4 is 29.4 Å². The number of aryl methyl sites for hydroxylation is 1. The number of carbonyl (C=O) groups excluding carboxylic acids is 2. The summed E-state index contributed by atoms with van der Waals surface area (Å²) in [7, 11) is 0. The maximum Gasteiger partial charge on any atom is 0.324 e. The van der Waals surface area contributed by atoms with E-state index in [1.165, 1.54) is 0 Å². The summed E-state index contributed by atoms with van der Waals surface area (Å²) in [4.78, 5) is 39.7. The number of aliphatic carboxylic acids is 1. The molecule has 3 rings (SSSR count). The van der Waals surface area contributed by atoms with Crippen molar-refractivity contribution in [1.29, 1.82) is 0 Å². The van der Waals surface area contributed by atoms with E-state index in [-0.39, 0.29) is 31.3 Å². The van der Waals surface area contributed by atoms with E-state index >= 15 is 0 Å². The number of carbonyl (C=O) groups is 3. The molecule has 0 saturated carbocycles. The van der Waals surface area contributed by atoms with Crippen LogP contribution in [0.4, 0.5) is 16.3 Å². The van der Waals surface area contributed by atoms with Crippen molar-refractivity contribution in [2.75, 3.05) is 10.6 Å². The predicted molar refractivity (Wildman–Crippen MR) is 132 cm³/mol. The highest BCUT2D eigenvalue weighted by atomic mass is 16.4. The highest BCUT2D eigenvalue weighted by Crippen LogP contribution is 2.20. The molecule has 0 radical (unpaired) electrons. The lowest BCUT2D eigenvalue weighted by Gasteiger charge is -2.19. The third kappa shape index (κ3) is 8.58. The highest BCUT2D eigenvalue weighted by molar-refractivity contribution is 5.99. The monoisotopic (exact) mass is 478 g/mol. The average molecular weight is 479 g/mol. The smallest absolute Gasteiger partial charge is 0.324 e. The Labute approximate surface area is 203 Å². The Kier molecular flexibility index (Phi) is 8.94. The number of aromatic nitrogens is 3. The number of carboxylic acids is 1. The van der Waals surface area contributed by atoms with Crippen molar-refractivity contribution in [2.45, 2.75) is 45.7 Å². The van der Waals surface area contributed by atoms with Gasteiger partial charge in [0, 0.05) is 18.1 Å². The Hall–Kier alpha value is -4.21. The molecule has 2 heterocycles. The molecule has 3 aromatic rings. The highest BCUT2D eigenvalue weighted by Gasteiger charge is 2.19. The molecule has 1 aromatic carbocycles. The minimum absolute atomic E-state index is 0.0159. The zero-order chi connectivity index (χ0) is 25.2. The molecular weight excluding hydrogens is 448 g/mol. The van der Waals surface area contributed by atoms with Gasteiger partial charge >= 0.3 is 12.0 Å². The van der Waals surface area contributed by atoms with Gasteiger partial charge in [-0.2, -0.15) is 5.10 Å². The zero-order valence-corrected chi connectivity index (χ0v) is 19.8. The molecule has 184 valence electrons. The minimum atomic E-state index is -0.885. The first-order chi connectivity index (χ1) is 16.8. The molecule has 0 saturated heterocycles. The molecule has 0 fully saturated rings. The summed E-state index contributed by atoms with van der Waals surface area (Å²) in [6, 6.07) is 13.4. The van der Waals surface area contributed by atoms with Crippen LogP contribution < -0.4 is 16.0 Å². The maximum atomic E-state index is 12.8. The fourth-order valence-corrected chi connectivity index (χ4v) is 3.48. The van der Waals surface area contributed by atoms with Gasteiger partial charge < -0.3 is 15.7 Å². The number of nitrogens with one attached hydrogen (secondary N) is 3. The first-order valence-electron chi connectivity index (χ1n) is 11.4. The van der Waals surface area contributed by atoms with Crippen LogP contribution in [0.5, 0.6) is 0 Å². The van der Waals surface area contributed by atoms with Crippen molar-refractivity contribution in [3.63, 3.8) is 0 Å². The van der Waals surface area contributed by atoms with Crippen LogP contribution in [-0.2, 0) is 22.6 Å². The lowest BCUT2D eigenvalue weighted by atomic mass is 10.0. The number of hydrogen-bond donors (Lipinski definition) is 4. The summed E-state index contributed by atoms with van der Waals surface area (Å²) < 4.78 is 1.58. The number of amides is 3. The summed E-state index contributed by atoms with van der Waals surface area (Å²) in [5.41, 5.74) is 2.09. The van der Waals surface area contributed by atoms with Crippen molar-refractivity contribution in [1.82, 2.24) is 20.1 Å². The van der Waals surface area contributed by atoms with Gasteiger partial charge in [0.1, 0.15) is 5.82 Å². The van der Waals surface area contributed by atoms with Gasteiger partial charge in [0.2, 0.25) is 5.91 Å². The topological polar surface area (TPSA) is 138 Å². The summed E-state index contributed by atoms with van der Waals surface area (Å²) >= 11 is 0.